The molecule has 1 aromatic rings. The Bertz CT molecular complexity index is 554. The van der Waals surface area contributed by atoms with Crippen molar-refractivity contribution in [2.75, 3.05) is 13.1 Å². The Morgan fingerprint density at radius 2 is 2.11 bits per heavy atom. The van der Waals surface area contributed by atoms with Crippen LogP contribution in [0.25, 0.3) is 0 Å². The first kappa shape index (κ1) is 13.1. The van der Waals surface area contributed by atoms with Crippen molar-refractivity contribution < 1.29 is 8.42 Å². The molecule has 2 heterocycles. The largest absolute Gasteiger partial charge is 0.316 e. The van der Waals surface area contributed by atoms with Crippen LogP contribution in [0.5, 0.6) is 0 Å². The molecule has 7 heteroatoms. The van der Waals surface area contributed by atoms with E-state index in [2.05, 4.69) is 20.2 Å². The molecule has 0 radical (unpaired) electrons. The molecule has 1 unspecified atom stereocenters. The molecule has 3 atom stereocenters. The molecule has 1 saturated heterocycles. The first-order valence-corrected chi connectivity index (χ1v) is 8.27. The highest BCUT2D eigenvalue weighted by molar-refractivity contribution is 7.89. The topological polar surface area (TPSA) is 86.9 Å². The van der Waals surface area contributed by atoms with E-state index in [1.165, 1.54) is 6.20 Å². The quantitative estimate of drug-likeness (QED) is 0.749. The number of aromatic nitrogens is 2. The van der Waals surface area contributed by atoms with Gasteiger partial charge < -0.3 is 5.32 Å². The summed E-state index contributed by atoms with van der Waals surface area (Å²) in [4.78, 5) is 0.263. The monoisotopic (exact) mass is 284 g/mol. The molecule has 19 heavy (non-hydrogen) atoms. The summed E-state index contributed by atoms with van der Waals surface area (Å²) in [6, 6.07) is 0.0560. The molecule has 3 N–H and O–H groups in total. The number of hydrogen-bond acceptors (Lipinski definition) is 4. The minimum Gasteiger partial charge on any atom is -0.316 e. The third-order valence-corrected chi connectivity index (χ3v) is 5.98. The predicted molar refractivity (Wildman–Crippen MR) is 71.1 cm³/mol. The van der Waals surface area contributed by atoms with Crippen molar-refractivity contribution in [1.82, 2.24) is 20.2 Å². The lowest BCUT2D eigenvalue weighted by Crippen LogP contribution is -2.40. The number of rotatable bonds is 3. The molecule has 1 aromatic heterocycles. The van der Waals surface area contributed by atoms with E-state index in [-0.39, 0.29) is 10.9 Å². The number of fused-ring (bicyclic) bond motifs is 1. The maximum atomic E-state index is 12.3. The van der Waals surface area contributed by atoms with E-state index < -0.39 is 10.0 Å². The van der Waals surface area contributed by atoms with Crippen LogP contribution < -0.4 is 10.0 Å². The number of nitrogens with one attached hydrogen (secondary N) is 3. The third kappa shape index (κ3) is 2.54. The van der Waals surface area contributed by atoms with Crippen LogP contribution in [0.15, 0.2) is 11.1 Å². The van der Waals surface area contributed by atoms with Crippen molar-refractivity contribution >= 4 is 10.0 Å². The Morgan fingerprint density at radius 3 is 2.84 bits per heavy atom. The summed E-state index contributed by atoms with van der Waals surface area (Å²) >= 11 is 0. The molecule has 1 aliphatic carbocycles. The summed E-state index contributed by atoms with van der Waals surface area (Å²) in [5.74, 6) is 1.35. The van der Waals surface area contributed by atoms with Gasteiger partial charge in [0.15, 0.2) is 0 Å². The lowest BCUT2D eigenvalue weighted by Gasteiger charge is -2.31. The van der Waals surface area contributed by atoms with Gasteiger partial charge in [-0.05, 0) is 51.1 Å². The maximum Gasteiger partial charge on any atom is 0.244 e. The Morgan fingerprint density at radius 1 is 1.32 bits per heavy atom. The van der Waals surface area contributed by atoms with Gasteiger partial charge >= 0.3 is 0 Å². The van der Waals surface area contributed by atoms with E-state index in [0.717, 1.165) is 38.3 Å². The molecular weight excluding hydrogens is 264 g/mol. The number of H-pyrrole nitrogens is 1. The first-order valence-electron chi connectivity index (χ1n) is 6.79. The zero-order chi connectivity index (χ0) is 13.5. The first-order chi connectivity index (χ1) is 9.06. The molecule has 0 spiro atoms. The van der Waals surface area contributed by atoms with Crippen LogP contribution in [0.3, 0.4) is 0 Å². The van der Waals surface area contributed by atoms with Crippen molar-refractivity contribution in [2.45, 2.75) is 37.1 Å². The van der Waals surface area contributed by atoms with Crippen molar-refractivity contribution in [3.8, 4) is 0 Å². The summed E-state index contributed by atoms with van der Waals surface area (Å²) < 4.78 is 27.4. The Hall–Kier alpha value is -0.920. The molecule has 1 aliphatic heterocycles. The highest BCUT2D eigenvalue weighted by Gasteiger charge is 2.35. The fraction of sp³-hybridized carbons (Fsp3) is 0.750. The van der Waals surface area contributed by atoms with Gasteiger partial charge in [0.25, 0.3) is 0 Å². The summed E-state index contributed by atoms with van der Waals surface area (Å²) in [6.45, 7) is 3.83. The lowest BCUT2D eigenvalue weighted by atomic mass is 9.79. The molecule has 3 rings (SSSR count). The molecular formula is C12H20N4O2S. The fourth-order valence-electron chi connectivity index (χ4n) is 3.30. The van der Waals surface area contributed by atoms with E-state index in [1.54, 1.807) is 6.92 Å². The molecule has 2 fully saturated rings. The third-order valence-electron chi connectivity index (χ3n) is 4.35. The van der Waals surface area contributed by atoms with Gasteiger partial charge in [-0.1, -0.05) is 0 Å². The SMILES string of the molecule is Cc1[nH]ncc1S(=O)(=O)NC1CC[C@H]2CNC[C@H]2C1. The van der Waals surface area contributed by atoms with Crippen molar-refractivity contribution in [2.24, 2.45) is 11.8 Å². The van der Waals surface area contributed by atoms with Gasteiger partial charge in [0.1, 0.15) is 4.90 Å². The second-order valence-corrected chi connectivity index (χ2v) is 7.35. The Labute approximate surface area is 113 Å². The highest BCUT2D eigenvalue weighted by atomic mass is 32.2. The van der Waals surface area contributed by atoms with E-state index >= 15 is 0 Å². The molecule has 6 nitrogen and oxygen atoms in total. The smallest absolute Gasteiger partial charge is 0.244 e. The minimum atomic E-state index is -3.44. The van der Waals surface area contributed by atoms with Gasteiger partial charge in [0.2, 0.25) is 10.0 Å². The number of aryl methyl sites for hydroxylation is 1. The summed E-state index contributed by atoms with van der Waals surface area (Å²) in [5.41, 5.74) is 0.587. The second-order valence-electron chi connectivity index (χ2n) is 5.67. The van der Waals surface area contributed by atoms with E-state index in [1.807, 2.05) is 0 Å². The van der Waals surface area contributed by atoms with Crippen molar-refractivity contribution in [3.05, 3.63) is 11.9 Å². The van der Waals surface area contributed by atoms with E-state index in [0.29, 0.717) is 11.6 Å². The molecule has 0 bridgehead atoms. The molecule has 106 valence electrons. The van der Waals surface area contributed by atoms with Gasteiger partial charge in [-0.25, -0.2) is 13.1 Å². The van der Waals surface area contributed by atoms with Crippen LogP contribution >= 0.6 is 0 Å². The van der Waals surface area contributed by atoms with E-state index in [9.17, 15) is 8.42 Å². The second kappa shape index (κ2) is 4.88. The number of nitrogens with zero attached hydrogens (tertiary/aromatic N) is 1. The fourth-order valence-corrected chi connectivity index (χ4v) is 4.72. The van der Waals surface area contributed by atoms with Crippen molar-refractivity contribution in [1.29, 1.82) is 0 Å². The standard InChI is InChI=1S/C12H20N4O2S/c1-8-12(7-14-15-8)19(17,18)16-11-3-2-9-5-13-6-10(9)4-11/h7,9-11,13,16H,2-6H2,1H3,(H,14,15)/t9-,10+,11?/m0/s1. The van der Waals surface area contributed by atoms with Crippen LogP contribution in [0.4, 0.5) is 0 Å². The van der Waals surface area contributed by atoms with Gasteiger partial charge in [-0.2, -0.15) is 5.10 Å². The zero-order valence-corrected chi connectivity index (χ0v) is 11.8. The van der Waals surface area contributed by atoms with Gasteiger partial charge in [-0.15, -0.1) is 0 Å². The summed E-state index contributed by atoms with van der Waals surface area (Å²) in [7, 11) is -3.44. The highest BCUT2D eigenvalue weighted by Crippen LogP contribution is 2.33. The van der Waals surface area contributed by atoms with Crippen molar-refractivity contribution in [3.63, 3.8) is 0 Å². The van der Waals surface area contributed by atoms with Crippen LogP contribution in [0.2, 0.25) is 0 Å². The molecule has 0 amide bonds. The molecule has 1 saturated carbocycles. The average molecular weight is 284 g/mol. The van der Waals surface area contributed by atoms with Gasteiger partial charge in [0.05, 0.1) is 11.9 Å². The summed E-state index contributed by atoms with van der Waals surface area (Å²) in [5, 5.41) is 9.84. The molecule has 0 aromatic carbocycles. The number of aromatic amines is 1. The Balaban J connectivity index is 1.70. The van der Waals surface area contributed by atoms with Crippen LogP contribution in [-0.4, -0.2) is 37.7 Å². The zero-order valence-electron chi connectivity index (χ0n) is 11.0. The van der Waals surface area contributed by atoms with Gasteiger partial charge in [0, 0.05) is 6.04 Å². The van der Waals surface area contributed by atoms with Crippen LogP contribution in [0, 0.1) is 18.8 Å². The van der Waals surface area contributed by atoms with Crippen LogP contribution in [-0.2, 0) is 10.0 Å². The number of sulfonamides is 1. The average Bonchev–Trinajstić information content (AvgIpc) is 2.96. The minimum absolute atomic E-state index is 0.0560. The van der Waals surface area contributed by atoms with E-state index in [4.69, 9.17) is 0 Å². The Kier molecular flexibility index (Phi) is 3.36. The summed E-state index contributed by atoms with van der Waals surface area (Å²) in [6.07, 6.45) is 4.35. The number of hydrogen-bond donors (Lipinski definition) is 3. The predicted octanol–water partition coefficient (Wildman–Crippen LogP) is 0.385. The van der Waals surface area contributed by atoms with Crippen LogP contribution in [0.1, 0.15) is 25.0 Å². The van der Waals surface area contributed by atoms with Gasteiger partial charge in [-0.3, -0.25) is 5.10 Å². The maximum absolute atomic E-state index is 12.3. The normalized spacial score (nSPS) is 31.3. The lowest BCUT2D eigenvalue weighted by molar-refractivity contribution is 0.260. The molecule has 2 aliphatic rings.